The van der Waals surface area contributed by atoms with Gasteiger partial charge in [-0.25, -0.2) is 9.59 Å². The van der Waals surface area contributed by atoms with Crippen LogP contribution in [0, 0.1) is 0 Å². The summed E-state index contributed by atoms with van der Waals surface area (Å²) >= 11 is 0. The summed E-state index contributed by atoms with van der Waals surface area (Å²) in [6.45, 7) is 2.78. The van der Waals surface area contributed by atoms with Gasteiger partial charge in [0.2, 0.25) is 5.91 Å². The van der Waals surface area contributed by atoms with E-state index in [-0.39, 0.29) is 29.8 Å². The highest BCUT2D eigenvalue weighted by Crippen LogP contribution is 2.49. The number of carbonyl (C=O) groups excluding carboxylic acids is 1. The number of likely N-dealkylation sites (tertiary alicyclic amines) is 1. The third-order valence-electron chi connectivity index (χ3n) is 8.14. The zero-order valence-corrected chi connectivity index (χ0v) is 22.0. The topological polar surface area (TPSA) is 125 Å². The Labute approximate surface area is 230 Å². The van der Waals surface area contributed by atoms with E-state index >= 15 is 0 Å². The van der Waals surface area contributed by atoms with Gasteiger partial charge < -0.3 is 24.8 Å². The maximum Gasteiger partial charge on any atom is 0.420 e. The van der Waals surface area contributed by atoms with Gasteiger partial charge in [-0.1, -0.05) is 30.3 Å². The second-order valence-corrected chi connectivity index (χ2v) is 10.9. The molecule has 1 saturated carbocycles. The van der Waals surface area contributed by atoms with Crippen LogP contribution in [0.4, 0.5) is 0 Å². The number of nitrogens with zero attached hydrogens (tertiary/aromatic N) is 2. The summed E-state index contributed by atoms with van der Waals surface area (Å²) in [4.78, 5) is 40.3. The van der Waals surface area contributed by atoms with Gasteiger partial charge >= 0.3 is 11.7 Å². The molecule has 2 aliphatic rings. The van der Waals surface area contributed by atoms with Crippen LogP contribution in [0.1, 0.15) is 58.8 Å². The van der Waals surface area contributed by atoms with Gasteiger partial charge in [-0.15, -0.1) is 0 Å². The Hall–Kier alpha value is -4.37. The van der Waals surface area contributed by atoms with Crippen LogP contribution in [0.15, 0.2) is 75.9 Å². The van der Waals surface area contributed by atoms with Gasteiger partial charge in [-0.2, -0.15) is 0 Å². The highest BCUT2D eigenvalue weighted by molar-refractivity contribution is 5.93. The van der Waals surface area contributed by atoms with Crippen LogP contribution in [0.2, 0.25) is 0 Å². The van der Waals surface area contributed by atoms with E-state index in [9.17, 15) is 24.6 Å². The number of amides is 1. The first-order chi connectivity index (χ1) is 19.3. The first kappa shape index (κ1) is 25.9. The van der Waals surface area contributed by atoms with Crippen molar-refractivity contribution in [2.45, 2.75) is 43.7 Å². The van der Waals surface area contributed by atoms with Crippen LogP contribution < -0.4 is 11.1 Å². The molecule has 1 saturated heterocycles. The second-order valence-electron chi connectivity index (χ2n) is 10.9. The first-order valence-corrected chi connectivity index (χ1v) is 13.6. The minimum Gasteiger partial charge on any atom is -0.508 e. The standard InChI is InChI=1S/C31H31N3O6/c35-24-8-4-6-21(16-24)25(19-33-13-1-2-14-33)32-29(38)31(11-12-31)23-9-10-27-26(17-23)34(30(39)40-27)18-20-5-3-7-22(15-20)28(36)37/h3-10,15-17,25,35H,1-2,11-14,18-19H2,(H,32,38)(H,36,37). The van der Waals surface area contributed by atoms with E-state index in [2.05, 4.69) is 10.2 Å². The predicted octanol–water partition coefficient (Wildman–Crippen LogP) is 4.03. The molecule has 6 rings (SSSR count). The number of benzene rings is 3. The molecule has 1 aliphatic carbocycles. The third kappa shape index (κ3) is 5.00. The van der Waals surface area contributed by atoms with Crippen molar-refractivity contribution in [3.8, 4) is 5.75 Å². The fourth-order valence-corrected chi connectivity index (χ4v) is 5.76. The number of hydrogen-bond acceptors (Lipinski definition) is 6. The van der Waals surface area contributed by atoms with Crippen LogP contribution in [-0.2, 0) is 16.8 Å². The van der Waals surface area contributed by atoms with Crippen molar-refractivity contribution in [2.24, 2.45) is 0 Å². The average molecular weight is 542 g/mol. The number of rotatable bonds is 9. The molecule has 4 aromatic rings. The number of aromatic hydroxyl groups is 1. The maximum absolute atomic E-state index is 13.8. The van der Waals surface area contributed by atoms with Crippen LogP contribution in [0.3, 0.4) is 0 Å². The van der Waals surface area contributed by atoms with Crippen molar-refractivity contribution >= 4 is 23.0 Å². The molecule has 2 fully saturated rings. The fourth-order valence-electron chi connectivity index (χ4n) is 5.76. The monoisotopic (exact) mass is 541 g/mol. The number of carboxylic acid groups (broad SMARTS) is 1. The zero-order valence-electron chi connectivity index (χ0n) is 22.0. The second kappa shape index (κ2) is 10.3. The lowest BCUT2D eigenvalue weighted by atomic mass is 9.93. The van der Waals surface area contributed by atoms with E-state index in [1.807, 2.05) is 18.2 Å². The molecular formula is C31H31N3O6. The molecule has 9 heteroatoms. The Balaban J connectivity index is 1.29. The molecule has 1 amide bonds. The summed E-state index contributed by atoms with van der Waals surface area (Å²) in [5, 5.41) is 22.7. The summed E-state index contributed by atoms with van der Waals surface area (Å²) in [6, 6.07) is 18.6. The lowest BCUT2D eigenvalue weighted by Crippen LogP contribution is -2.41. The minimum absolute atomic E-state index is 0.0778. The molecule has 3 aromatic carbocycles. The number of oxazole rings is 1. The first-order valence-electron chi connectivity index (χ1n) is 13.6. The van der Waals surface area contributed by atoms with Crippen molar-refractivity contribution in [3.63, 3.8) is 0 Å². The quantitative estimate of drug-likeness (QED) is 0.292. The van der Waals surface area contributed by atoms with E-state index in [1.165, 1.54) is 16.7 Å². The smallest absolute Gasteiger partial charge is 0.420 e. The zero-order chi connectivity index (χ0) is 27.9. The number of hydrogen-bond donors (Lipinski definition) is 3. The fraction of sp³-hybridized carbons (Fsp3) is 0.323. The van der Waals surface area contributed by atoms with Gasteiger partial charge in [0.15, 0.2) is 5.58 Å². The van der Waals surface area contributed by atoms with Gasteiger partial charge in [0.25, 0.3) is 0 Å². The number of phenolic OH excluding ortho intramolecular Hbond substituents is 1. The Kier molecular flexibility index (Phi) is 6.67. The number of phenols is 1. The summed E-state index contributed by atoms with van der Waals surface area (Å²) < 4.78 is 6.94. The average Bonchev–Trinajstić information content (AvgIpc) is 3.49. The maximum atomic E-state index is 13.8. The summed E-state index contributed by atoms with van der Waals surface area (Å²) in [6.07, 6.45) is 3.64. The highest BCUT2D eigenvalue weighted by atomic mass is 16.4. The predicted molar refractivity (Wildman–Crippen MR) is 149 cm³/mol. The highest BCUT2D eigenvalue weighted by Gasteiger charge is 2.52. The molecule has 0 bridgehead atoms. The van der Waals surface area contributed by atoms with E-state index < -0.39 is 17.1 Å². The van der Waals surface area contributed by atoms with Crippen LogP contribution in [-0.4, -0.2) is 51.2 Å². The van der Waals surface area contributed by atoms with Crippen molar-refractivity contribution in [1.29, 1.82) is 0 Å². The molecule has 0 spiro atoms. The van der Waals surface area contributed by atoms with Crippen LogP contribution in [0.25, 0.3) is 11.1 Å². The lowest BCUT2D eigenvalue weighted by Gasteiger charge is -2.27. The lowest BCUT2D eigenvalue weighted by molar-refractivity contribution is -0.124. The summed E-state index contributed by atoms with van der Waals surface area (Å²) in [5.41, 5.74) is 2.72. The van der Waals surface area contributed by atoms with Crippen molar-refractivity contribution in [2.75, 3.05) is 19.6 Å². The van der Waals surface area contributed by atoms with Crippen LogP contribution in [0.5, 0.6) is 5.75 Å². The van der Waals surface area contributed by atoms with Gasteiger partial charge in [0.1, 0.15) is 5.75 Å². The largest absolute Gasteiger partial charge is 0.508 e. The number of carbonyl (C=O) groups is 2. The Morgan fingerprint density at radius 3 is 2.50 bits per heavy atom. The van der Waals surface area contributed by atoms with Gasteiger partial charge in [-0.05, 0) is 91.9 Å². The SMILES string of the molecule is O=C(O)c1cccc(Cn2c(=O)oc3ccc(C4(C(=O)NC(CN5CCCC5)c5cccc(O)c5)CC4)cc32)c1. The van der Waals surface area contributed by atoms with E-state index in [0.29, 0.717) is 36.0 Å². The minimum atomic E-state index is -1.04. The molecule has 0 radical (unpaired) electrons. The van der Waals surface area contributed by atoms with Crippen molar-refractivity contribution in [3.05, 3.63) is 99.5 Å². The van der Waals surface area contributed by atoms with Crippen molar-refractivity contribution in [1.82, 2.24) is 14.8 Å². The molecule has 206 valence electrons. The molecule has 40 heavy (non-hydrogen) atoms. The van der Waals surface area contributed by atoms with E-state index in [4.69, 9.17) is 4.42 Å². The summed E-state index contributed by atoms with van der Waals surface area (Å²) in [5.74, 6) is -1.50. The molecule has 1 aliphatic heterocycles. The Morgan fingerprint density at radius 2 is 1.77 bits per heavy atom. The Morgan fingerprint density at radius 1 is 1.00 bits per heavy atom. The van der Waals surface area contributed by atoms with Gasteiger partial charge in [0.05, 0.1) is 29.1 Å². The van der Waals surface area contributed by atoms with E-state index in [1.54, 1.807) is 36.4 Å². The van der Waals surface area contributed by atoms with Crippen molar-refractivity contribution < 1.29 is 24.2 Å². The normalized spacial score (nSPS) is 17.1. The van der Waals surface area contributed by atoms with E-state index in [0.717, 1.165) is 37.1 Å². The molecule has 1 aromatic heterocycles. The number of nitrogens with one attached hydrogen (secondary N) is 1. The summed E-state index contributed by atoms with van der Waals surface area (Å²) in [7, 11) is 0. The third-order valence-corrected chi connectivity index (χ3v) is 8.14. The molecule has 1 unspecified atom stereocenters. The molecule has 3 N–H and O–H groups in total. The van der Waals surface area contributed by atoms with Gasteiger partial charge in [-0.3, -0.25) is 9.36 Å². The molecule has 2 heterocycles. The molecule has 9 nitrogen and oxygen atoms in total. The molecule has 1 atom stereocenters. The number of aromatic carboxylic acids is 1. The molecular weight excluding hydrogens is 510 g/mol. The number of fused-ring (bicyclic) bond motifs is 1. The number of carboxylic acids is 1. The van der Waals surface area contributed by atoms with Gasteiger partial charge in [0, 0.05) is 6.54 Å². The number of aromatic nitrogens is 1. The van der Waals surface area contributed by atoms with Crippen LogP contribution >= 0.6 is 0 Å². The Bertz CT molecular complexity index is 1640.